The van der Waals surface area contributed by atoms with E-state index < -0.39 is 0 Å². The van der Waals surface area contributed by atoms with Crippen molar-refractivity contribution in [2.45, 2.75) is 13.8 Å². The van der Waals surface area contributed by atoms with E-state index in [2.05, 4.69) is 0 Å². The Morgan fingerprint density at radius 1 is 0.889 bits per heavy atom. The molecule has 1 nitrogen and oxygen atoms in total. The molecule has 0 atom stereocenters. The summed E-state index contributed by atoms with van der Waals surface area (Å²) in [6.45, 7) is 3.75. The lowest BCUT2D eigenvalue weighted by atomic mass is 9.97. The van der Waals surface area contributed by atoms with E-state index in [0.29, 0.717) is 21.2 Å². The second-order valence-electron chi connectivity index (χ2n) is 4.23. The van der Waals surface area contributed by atoms with Gasteiger partial charge in [0, 0.05) is 16.1 Å². The number of ketones is 1. The average molecular weight is 279 g/mol. The number of hydrogen-bond donors (Lipinski definition) is 0. The summed E-state index contributed by atoms with van der Waals surface area (Å²) in [6, 6.07) is 10.7. The lowest BCUT2D eigenvalue weighted by Crippen LogP contribution is -2.05. The molecule has 0 spiro atoms. The first-order valence-electron chi connectivity index (χ1n) is 5.56. The Morgan fingerprint density at radius 2 is 1.56 bits per heavy atom. The molecule has 0 radical (unpaired) electrons. The van der Waals surface area contributed by atoms with Gasteiger partial charge in [0.1, 0.15) is 0 Å². The van der Waals surface area contributed by atoms with Gasteiger partial charge in [0.25, 0.3) is 0 Å². The molecule has 0 bridgehead atoms. The van der Waals surface area contributed by atoms with E-state index in [-0.39, 0.29) is 5.78 Å². The van der Waals surface area contributed by atoms with Crippen molar-refractivity contribution < 1.29 is 4.79 Å². The van der Waals surface area contributed by atoms with Crippen LogP contribution in [0.3, 0.4) is 0 Å². The molecule has 0 amide bonds. The molecule has 0 saturated heterocycles. The second kappa shape index (κ2) is 5.13. The quantitative estimate of drug-likeness (QED) is 0.719. The number of carbonyl (C=O) groups excluding carboxylic acids is 1. The van der Waals surface area contributed by atoms with Gasteiger partial charge in [-0.05, 0) is 49.2 Å². The van der Waals surface area contributed by atoms with Crippen molar-refractivity contribution in [3.63, 3.8) is 0 Å². The third-order valence-corrected chi connectivity index (χ3v) is 3.61. The Balaban J connectivity index is 2.53. The second-order valence-corrected chi connectivity index (χ2v) is 5.04. The fraction of sp³-hybridized carbons (Fsp3) is 0.133. The molecule has 92 valence electrons. The maximum absolute atomic E-state index is 12.4. The Labute approximate surface area is 116 Å². The van der Waals surface area contributed by atoms with E-state index >= 15 is 0 Å². The molecule has 0 N–H and O–H groups in total. The van der Waals surface area contributed by atoms with Crippen molar-refractivity contribution in [3.8, 4) is 0 Å². The van der Waals surface area contributed by atoms with Crippen LogP contribution >= 0.6 is 23.2 Å². The maximum Gasteiger partial charge on any atom is 0.194 e. The highest BCUT2D eigenvalue weighted by atomic mass is 35.5. The van der Waals surface area contributed by atoms with Crippen LogP contribution in [-0.2, 0) is 0 Å². The van der Waals surface area contributed by atoms with Crippen molar-refractivity contribution in [3.05, 3.63) is 68.7 Å². The Morgan fingerprint density at radius 3 is 2.22 bits per heavy atom. The zero-order valence-electron chi connectivity index (χ0n) is 10.1. The van der Waals surface area contributed by atoms with Crippen LogP contribution in [0.2, 0.25) is 10.0 Å². The van der Waals surface area contributed by atoms with Crippen LogP contribution in [0.4, 0.5) is 0 Å². The van der Waals surface area contributed by atoms with Crippen LogP contribution in [-0.4, -0.2) is 5.78 Å². The molecule has 3 heteroatoms. The Bertz CT molecular complexity index is 618. The third-order valence-electron chi connectivity index (χ3n) is 2.87. The molecule has 0 aliphatic rings. The first-order chi connectivity index (χ1) is 8.50. The van der Waals surface area contributed by atoms with Gasteiger partial charge in [-0.25, -0.2) is 0 Å². The van der Waals surface area contributed by atoms with E-state index in [4.69, 9.17) is 23.2 Å². The molecule has 0 unspecified atom stereocenters. The van der Waals surface area contributed by atoms with E-state index in [1.165, 1.54) is 0 Å². The fourth-order valence-electron chi connectivity index (χ4n) is 1.82. The summed E-state index contributed by atoms with van der Waals surface area (Å²) in [7, 11) is 0. The summed E-state index contributed by atoms with van der Waals surface area (Å²) in [5, 5.41) is 1.14. The molecular formula is C15H12Cl2O. The van der Waals surface area contributed by atoms with Crippen LogP contribution < -0.4 is 0 Å². The van der Waals surface area contributed by atoms with Crippen molar-refractivity contribution in [1.82, 2.24) is 0 Å². The molecule has 0 heterocycles. The predicted molar refractivity (Wildman–Crippen MR) is 75.8 cm³/mol. The number of hydrogen-bond acceptors (Lipinski definition) is 1. The molecule has 0 aliphatic heterocycles. The van der Waals surface area contributed by atoms with Crippen LogP contribution in [0.15, 0.2) is 36.4 Å². The molecule has 0 aliphatic carbocycles. The summed E-state index contributed by atoms with van der Waals surface area (Å²) in [5.41, 5.74) is 2.90. The summed E-state index contributed by atoms with van der Waals surface area (Å²) >= 11 is 12.1. The minimum atomic E-state index is -0.0714. The van der Waals surface area contributed by atoms with Gasteiger partial charge in [-0.15, -0.1) is 0 Å². The maximum atomic E-state index is 12.4. The van der Waals surface area contributed by atoms with E-state index in [1.807, 2.05) is 19.9 Å². The van der Waals surface area contributed by atoms with Crippen molar-refractivity contribution in [2.24, 2.45) is 0 Å². The largest absolute Gasteiger partial charge is 0.289 e. The highest BCUT2D eigenvalue weighted by Crippen LogP contribution is 2.25. The van der Waals surface area contributed by atoms with Crippen LogP contribution in [0, 0.1) is 13.8 Å². The van der Waals surface area contributed by atoms with Crippen molar-refractivity contribution >= 4 is 29.0 Å². The normalized spacial score (nSPS) is 10.4. The molecule has 0 aromatic heterocycles. The lowest BCUT2D eigenvalue weighted by Gasteiger charge is -2.09. The first kappa shape index (κ1) is 13.1. The number of rotatable bonds is 2. The monoisotopic (exact) mass is 278 g/mol. The van der Waals surface area contributed by atoms with Crippen molar-refractivity contribution in [2.75, 3.05) is 0 Å². The highest BCUT2D eigenvalue weighted by Gasteiger charge is 2.15. The van der Waals surface area contributed by atoms with E-state index in [0.717, 1.165) is 11.1 Å². The van der Waals surface area contributed by atoms with Gasteiger partial charge >= 0.3 is 0 Å². The SMILES string of the molecule is Cc1cc(C(=O)c2ccccc2Cl)c(C)cc1Cl. The van der Waals surface area contributed by atoms with Crippen LogP contribution in [0.25, 0.3) is 0 Å². The fourth-order valence-corrected chi connectivity index (χ4v) is 2.26. The number of benzene rings is 2. The smallest absolute Gasteiger partial charge is 0.194 e. The summed E-state index contributed by atoms with van der Waals surface area (Å²) in [6.07, 6.45) is 0. The topological polar surface area (TPSA) is 17.1 Å². The molecular weight excluding hydrogens is 267 g/mol. The molecule has 18 heavy (non-hydrogen) atoms. The van der Waals surface area contributed by atoms with Crippen molar-refractivity contribution in [1.29, 1.82) is 0 Å². The minimum Gasteiger partial charge on any atom is -0.289 e. The summed E-state index contributed by atoms with van der Waals surface area (Å²) < 4.78 is 0. The van der Waals surface area contributed by atoms with Gasteiger partial charge in [-0.3, -0.25) is 4.79 Å². The van der Waals surface area contributed by atoms with Gasteiger partial charge in [0.2, 0.25) is 0 Å². The van der Waals surface area contributed by atoms with Gasteiger partial charge in [0.05, 0.1) is 5.02 Å². The lowest BCUT2D eigenvalue weighted by molar-refractivity contribution is 0.103. The molecule has 2 aromatic rings. The minimum absolute atomic E-state index is 0.0714. The Kier molecular flexibility index (Phi) is 3.74. The van der Waals surface area contributed by atoms with Gasteiger partial charge in [-0.1, -0.05) is 35.3 Å². The first-order valence-corrected chi connectivity index (χ1v) is 6.32. The Hall–Kier alpha value is -1.31. The standard InChI is InChI=1S/C15H12Cl2O/c1-9-8-14(17)10(2)7-12(9)15(18)11-5-3-4-6-13(11)16/h3-8H,1-2H3. The highest BCUT2D eigenvalue weighted by molar-refractivity contribution is 6.35. The number of halogens is 2. The molecule has 0 saturated carbocycles. The number of aryl methyl sites for hydroxylation is 2. The summed E-state index contributed by atoms with van der Waals surface area (Å²) in [5.74, 6) is -0.0714. The number of carbonyl (C=O) groups is 1. The molecule has 2 rings (SSSR count). The van der Waals surface area contributed by atoms with Gasteiger partial charge in [0.15, 0.2) is 5.78 Å². The van der Waals surface area contributed by atoms with E-state index in [1.54, 1.807) is 30.3 Å². The van der Waals surface area contributed by atoms with E-state index in [9.17, 15) is 4.79 Å². The van der Waals surface area contributed by atoms with Crippen LogP contribution in [0.5, 0.6) is 0 Å². The predicted octanol–water partition coefficient (Wildman–Crippen LogP) is 4.84. The zero-order valence-corrected chi connectivity index (χ0v) is 11.6. The van der Waals surface area contributed by atoms with Gasteiger partial charge < -0.3 is 0 Å². The average Bonchev–Trinajstić information content (AvgIpc) is 2.33. The zero-order chi connectivity index (χ0) is 13.3. The summed E-state index contributed by atoms with van der Waals surface area (Å²) in [4.78, 5) is 12.4. The van der Waals surface area contributed by atoms with Crippen LogP contribution in [0.1, 0.15) is 27.0 Å². The molecule has 2 aromatic carbocycles. The third kappa shape index (κ3) is 2.43. The van der Waals surface area contributed by atoms with Gasteiger partial charge in [-0.2, -0.15) is 0 Å². The molecule has 0 fully saturated rings.